The molecular weight excluding hydrogens is 294 g/mol. The third kappa shape index (κ3) is 4.01. The summed E-state index contributed by atoms with van der Waals surface area (Å²) in [7, 11) is -3.94. The molecule has 21 heavy (non-hydrogen) atoms. The Bertz CT molecular complexity index is 606. The van der Waals surface area contributed by atoms with Gasteiger partial charge in [-0.05, 0) is 37.7 Å². The second kappa shape index (κ2) is 6.53. The van der Waals surface area contributed by atoms with Crippen molar-refractivity contribution in [3.05, 3.63) is 34.4 Å². The molecule has 1 aromatic rings. The first-order valence-corrected chi connectivity index (χ1v) is 8.51. The van der Waals surface area contributed by atoms with Gasteiger partial charge < -0.3 is 0 Å². The number of nitro groups is 1. The van der Waals surface area contributed by atoms with Gasteiger partial charge in [-0.3, -0.25) is 14.3 Å². The number of nitrogens with zero attached hydrogens (tertiary/aromatic N) is 1. The van der Waals surface area contributed by atoms with E-state index in [1.54, 1.807) is 0 Å². The molecule has 0 spiro atoms. The third-order valence-electron chi connectivity index (χ3n) is 3.95. The van der Waals surface area contributed by atoms with Gasteiger partial charge in [0.15, 0.2) is 0 Å². The molecule has 0 aliphatic heterocycles. The predicted octanol–water partition coefficient (Wildman–Crippen LogP) is 3.27. The number of benzene rings is 1. The van der Waals surface area contributed by atoms with Crippen molar-refractivity contribution in [1.29, 1.82) is 0 Å². The van der Waals surface area contributed by atoms with Gasteiger partial charge in [0, 0.05) is 12.1 Å². The van der Waals surface area contributed by atoms with Crippen LogP contribution in [0.25, 0.3) is 0 Å². The largest absolute Gasteiger partial charge is 0.297 e. The maximum absolute atomic E-state index is 12.2. The Kier molecular flexibility index (Phi) is 4.95. The second-order valence-corrected chi connectivity index (χ2v) is 6.93. The molecule has 0 bridgehead atoms. The molecular formula is C14H19NO5S. The Morgan fingerprint density at radius 3 is 2.52 bits per heavy atom. The first-order valence-electron chi connectivity index (χ1n) is 7.10. The van der Waals surface area contributed by atoms with Gasteiger partial charge in [0.25, 0.3) is 15.8 Å². The van der Waals surface area contributed by atoms with Crippen molar-refractivity contribution < 1.29 is 17.5 Å². The molecule has 0 N–H and O–H groups in total. The van der Waals surface area contributed by atoms with Crippen LogP contribution in [-0.4, -0.2) is 19.4 Å². The van der Waals surface area contributed by atoms with Gasteiger partial charge in [-0.1, -0.05) is 19.4 Å². The minimum absolute atomic E-state index is 0.158. The van der Waals surface area contributed by atoms with Crippen molar-refractivity contribution in [2.45, 2.75) is 50.0 Å². The van der Waals surface area contributed by atoms with Crippen LogP contribution in [0.5, 0.6) is 0 Å². The van der Waals surface area contributed by atoms with E-state index in [2.05, 4.69) is 6.92 Å². The van der Waals surface area contributed by atoms with Crippen LogP contribution in [0.4, 0.5) is 5.69 Å². The van der Waals surface area contributed by atoms with E-state index in [1.165, 1.54) is 18.2 Å². The minimum atomic E-state index is -3.94. The Balaban J connectivity index is 2.08. The smallest absolute Gasteiger partial charge is 0.263 e. The molecule has 116 valence electrons. The molecule has 0 atom stereocenters. The van der Waals surface area contributed by atoms with Crippen LogP contribution < -0.4 is 0 Å². The molecule has 0 saturated heterocycles. The lowest BCUT2D eigenvalue weighted by Gasteiger charge is -2.27. The molecule has 0 radical (unpaired) electrons. The first kappa shape index (κ1) is 15.9. The summed E-state index contributed by atoms with van der Waals surface area (Å²) < 4.78 is 29.6. The van der Waals surface area contributed by atoms with E-state index in [4.69, 9.17) is 4.18 Å². The molecule has 1 aliphatic rings. The fourth-order valence-corrected chi connectivity index (χ4v) is 3.80. The van der Waals surface area contributed by atoms with Crippen molar-refractivity contribution in [2.24, 2.45) is 5.92 Å². The highest BCUT2D eigenvalue weighted by atomic mass is 32.2. The Morgan fingerprint density at radius 1 is 1.29 bits per heavy atom. The van der Waals surface area contributed by atoms with Crippen molar-refractivity contribution >= 4 is 15.8 Å². The van der Waals surface area contributed by atoms with Gasteiger partial charge in [0.1, 0.15) is 4.90 Å². The summed E-state index contributed by atoms with van der Waals surface area (Å²) in [4.78, 5) is 9.93. The van der Waals surface area contributed by atoms with E-state index in [-0.39, 0.29) is 16.7 Å². The zero-order chi connectivity index (χ0) is 15.5. The summed E-state index contributed by atoms with van der Waals surface area (Å²) in [6.45, 7) is 2.13. The van der Waals surface area contributed by atoms with E-state index in [0.29, 0.717) is 18.8 Å². The lowest BCUT2D eigenvalue weighted by Crippen LogP contribution is -2.24. The van der Waals surface area contributed by atoms with Crippen LogP contribution in [0, 0.1) is 16.0 Å². The standard InChI is InChI=1S/C14H19NO5S/c1-2-11-6-8-13(9-7-11)20-21(18,19)14-5-3-4-12(10-14)15(16)17/h3-5,10-11,13H,2,6-9H2,1H3. The average molecular weight is 313 g/mol. The molecule has 2 rings (SSSR count). The molecule has 0 amide bonds. The van der Waals surface area contributed by atoms with Gasteiger partial charge in [0.2, 0.25) is 0 Å². The van der Waals surface area contributed by atoms with Crippen LogP contribution >= 0.6 is 0 Å². The van der Waals surface area contributed by atoms with E-state index in [1.807, 2.05) is 0 Å². The van der Waals surface area contributed by atoms with Crippen LogP contribution in [0.2, 0.25) is 0 Å². The van der Waals surface area contributed by atoms with Crippen molar-refractivity contribution in [1.82, 2.24) is 0 Å². The molecule has 1 saturated carbocycles. The zero-order valence-electron chi connectivity index (χ0n) is 11.9. The summed E-state index contributed by atoms with van der Waals surface area (Å²) in [5, 5.41) is 10.7. The van der Waals surface area contributed by atoms with Gasteiger partial charge in [0.05, 0.1) is 11.0 Å². The number of nitro benzene ring substituents is 1. The fourth-order valence-electron chi connectivity index (χ4n) is 2.62. The van der Waals surface area contributed by atoms with E-state index >= 15 is 0 Å². The Labute approximate surface area is 124 Å². The maximum atomic E-state index is 12.2. The normalized spacial score (nSPS) is 22.9. The lowest BCUT2D eigenvalue weighted by molar-refractivity contribution is -0.385. The molecule has 1 aromatic carbocycles. The summed E-state index contributed by atoms with van der Waals surface area (Å²) in [6.07, 6.45) is 4.14. The topological polar surface area (TPSA) is 86.5 Å². The van der Waals surface area contributed by atoms with Crippen LogP contribution in [0.3, 0.4) is 0 Å². The summed E-state index contributed by atoms with van der Waals surface area (Å²) in [6, 6.07) is 4.96. The van der Waals surface area contributed by atoms with Gasteiger partial charge >= 0.3 is 0 Å². The fraction of sp³-hybridized carbons (Fsp3) is 0.571. The van der Waals surface area contributed by atoms with Crippen molar-refractivity contribution in [3.63, 3.8) is 0 Å². The van der Waals surface area contributed by atoms with Crippen LogP contribution in [-0.2, 0) is 14.3 Å². The number of non-ortho nitro benzene ring substituents is 1. The SMILES string of the molecule is CCC1CCC(OS(=O)(=O)c2cccc([N+](=O)[O-])c2)CC1. The average Bonchev–Trinajstić information content (AvgIpc) is 2.48. The molecule has 7 heteroatoms. The molecule has 1 fully saturated rings. The second-order valence-electron chi connectivity index (χ2n) is 5.36. The predicted molar refractivity (Wildman–Crippen MR) is 77.4 cm³/mol. The monoisotopic (exact) mass is 313 g/mol. The molecule has 0 aromatic heterocycles. The molecule has 6 nitrogen and oxygen atoms in total. The van der Waals surface area contributed by atoms with Crippen molar-refractivity contribution in [2.75, 3.05) is 0 Å². The van der Waals surface area contributed by atoms with Gasteiger partial charge in [-0.15, -0.1) is 0 Å². The van der Waals surface area contributed by atoms with Crippen LogP contribution in [0.15, 0.2) is 29.2 Å². The third-order valence-corrected chi connectivity index (χ3v) is 5.31. The van der Waals surface area contributed by atoms with E-state index < -0.39 is 15.0 Å². The highest BCUT2D eigenvalue weighted by molar-refractivity contribution is 7.86. The van der Waals surface area contributed by atoms with E-state index in [9.17, 15) is 18.5 Å². The maximum Gasteiger partial charge on any atom is 0.297 e. The number of hydrogen-bond acceptors (Lipinski definition) is 5. The number of rotatable bonds is 5. The quantitative estimate of drug-likeness (QED) is 0.473. The Hall–Kier alpha value is -1.47. The highest BCUT2D eigenvalue weighted by Gasteiger charge is 2.27. The van der Waals surface area contributed by atoms with Gasteiger partial charge in [-0.2, -0.15) is 8.42 Å². The van der Waals surface area contributed by atoms with Crippen LogP contribution in [0.1, 0.15) is 39.0 Å². The molecule has 0 heterocycles. The van der Waals surface area contributed by atoms with E-state index in [0.717, 1.165) is 25.3 Å². The lowest BCUT2D eigenvalue weighted by atomic mass is 9.86. The minimum Gasteiger partial charge on any atom is -0.263 e. The first-order chi connectivity index (χ1) is 9.92. The molecule has 1 aliphatic carbocycles. The Morgan fingerprint density at radius 2 is 1.95 bits per heavy atom. The molecule has 0 unspecified atom stereocenters. The zero-order valence-corrected chi connectivity index (χ0v) is 12.7. The number of hydrogen-bond donors (Lipinski definition) is 0. The summed E-state index contributed by atoms with van der Waals surface area (Å²) in [5.74, 6) is 0.644. The summed E-state index contributed by atoms with van der Waals surface area (Å²) in [5.41, 5.74) is -0.255. The summed E-state index contributed by atoms with van der Waals surface area (Å²) >= 11 is 0. The van der Waals surface area contributed by atoms with Crippen molar-refractivity contribution in [3.8, 4) is 0 Å². The highest BCUT2D eigenvalue weighted by Crippen LogP contribution is 2.30. The van der Waals surface area contributed by atoms with Gasteiger partial charge in [-0.25, -0.2) is 0 Å².